The van der Waals surface area contributed by atoms with Gasteiger partial charge >= 0.3 is 0 Å². The van der Waals surface area contributed by atoms with Gasteiger partial charge in [-0.1, -0.05) is 12.1 Å². The molecule has 30 heavy (non-hydrogen) atoms. The Hall–Kier alpha value is -2.81. The van der Waals surface area contributed by atoms with Crippen molar-refractivity contribution < 1.29 is 9.00 Å². The van der Waals surface area contributed by atoms with Crippen LogP contribution in [0, 0.1) is 5.92 Å². The van der Waals surface area contributed by atoms with Gasteiger partial charge in [-0.2, -0.15) is 16.4 Å². The zero-order valence-corrected chi connectivity index (χ0v) is 17.6. The Morgan fingerprint density at radius 1 is 1.23 bits per heavy atom. The van der Waals surface area contributed by atoms with E-state index < -0.39 is 11.0 Å². The van der Waals surface area contributed by atoms with Crippen LogP contribution in [0.15, 0.2) is 64.2 Å². The number of aromatic amines is 1. The number of aromatic nitrogens is 2. The van der Waals surface area contributed by atoms with Crippen LogP contribution in [0.3, 0.4) is 0 Å². The van der Waals surface area contributed by atoms with Gasteiger partial charge in [0, 0.05) is 16.5 Å². The van der Waals surface area contributed by atoms with Crippen LogP contribution in [-0.4, -0.2) is 20.3 Å². The molecular formula is C22H20N4O2S2. The third-order valence-electron chi connectivity index (χ3n) is 5.45. The van der Waals surface area contributed by atoms with Gasteiger partial charge in [0.2, 0.25) is 0 Å². The van der Waals surface area contributed by atoms with Gasteiger partial charge < -0.3 is 5.32 Å². The molecule has 0 saturated heterocycles. The van der Waals surface area contributed by atoms with Crippen LogP contribution in [-0.2, 0) is 11.0 Å². The fourth-order valence-corrected chi connectivity index (χ4v) is 4.88. The molecule has 2 aromatic heterocycles. The SMILES string of the molecule is NS(=O)c1cccc(-c2n[nH]c3ccc(C(=O)NC(c4ccsc4)C4CC4)cc23)c1. The second-order valence-corrected chi connectivity index (χ2v) is 9.35. The minimum atomic E-state index is -1.57. The molecule has 1 amide bonds. The topological polar surface area (TPSA) is 101 Å². The second kappa shape index (κ2) is 7.79. The summed E-state index contributed by atoms with van der Waals surface area (Å²) in [6, 6.07) is 14.8. The van der Waals surface area contributed by atoms with Gasteiger partial charge in [0.25, 0.3) is 5.91 Å². The predicted octanol–water partition coefficient (Wildman–Crippen LogP) is 4.15. The van der Waals surface area contributed by atoms with Crippen molar-refractivity contribution >= 4 is 39.1 Å². The number of carbonyl (C=O) groups excluding carboxylic acids is 1. The lowest BCUT2D eigenvalue weighted by Crippen LogP contribution is -2.29. The highest BCUT2D eigenvalue weighted by Gasteiger charge is 2.33. The smallest absolute Gasteiger partial charge is 0.251 e. The Balaban J connectivity index is 1.47. The van der Waals surface area contributed by atoms with E-state index in [2.05, 4.69) is 27.0 Å². The van der Waals surface area contributed by atoms with Crippen molar-refractivity contribution in [2.24, 2.45) is 11.1 Å². The number of hydrogen-bond acceptors (Lipinski definition) is 4. The Morgan fingerprint density at radius 2 is 2.10 bits per heavy atom. The summed E-state index contributed by atoms with van der Waals surface area (Å²) in [4.78, 5) is 13.6. The molecule has 2 heterocycles. The number of amides is 1. The van der Waals surface area contributed by atoms with Gasteiger partial charge in [0.15, 0.2) is 0 Å². The van der Waals surface area contributed by atoms with Crippen LogP contribution in [0.5, 0.6) is 0 Å². The lowest BCUT2D eigenvalue weighted by molar-refractivity contribution is 0.0932. The van der Waals surface area contributed by atoms with Crippen molar-refractivity contribution in [2.45, 2.75) is 23.8 Å². The van der Waals surface area contributed by atoms with Crippen LogP contribution in [0.1, 0.15) is 34.8 Å². The van der Waals surface area contributed by atoms with Crippen molar-refractivity contribution in [3.63, 3.8) is 0 Å². The Morgan fingerprint density at radius 3 is 2.83 bits per heavy atom. The molecule has 5 rings (SSSR count). The van der Waals surface area contributed by atoms with E-state index in [0.717, 1.165) is 29.3 Å². The van der Waals surface area contributed by atoms with Crippen molar-refractivity contribution in [1.29, 1.82) is 0 Å². The van der Waals surface area contributed by atoms with E-state index in [-0.39, 0.29) is 11.9 Å². The summed E-state index contributed by atoms with van der Waals surface area (Å²) >= 11 is 1.65. The highest BCUT2D eigenvalue weighted by atomic mass is 32.2. The maximum absolute atomic E-state index is 13.0. The lowest BCUT2D eigenvalue weighted by atomic mass is 10.0. The normalized spacial score (nSPS) is 15.8. The average Bonchev–Trinajstić information content (AvgIpc) is 3.28. The van der Waals surface area contributed by atoms with Crippen LogP contribution < -0.4 is 10.5 Å². The molecule has 2 unspecified atom stereocenters. The molecule has 6 nitrogen and oxygen atoms in total. The quantitative estimate of drug-likeness (QED) is 0.423. The van der Waals surface area contributed by atoms with E-state index in [1.807, 2.05) is 29.6 Å². The average molecular weight is 437 g/mol. The minimum Gasteiger partial charge on any atom is -0.345 e. The number of benzene rings is 2. The first-order chi connectivity index (χ1) is 14.6. The van der Waals surface area contributed by atoms with E-state index in [4.69, 9.17) is 5.14 Å². The number of H-pyrrole nitrogens is 1. The number of nitrogens with one attached hydrogen (secondary N) is 2. The molecule has 0 spiro atoms. The molecule has 2 aromatic carbocycles. The highest BCUT2D eigenvalue weighted by molar-refractivity contribution is 7.82. The number of nitrogens with two attached hydrogens (primary N) is 1. The Labute approximate surface area is 180 Å². The fourth-order valence-electron chi connectivity index (χ4n) is 3.72. The summed E-state index contributed by atoms with van der Waals surface area (Å²) in [6.45, 7) is 0. The van der Waals surface area contributed by atoms with Gasteiger partial charge in [-0.15, -0.1) is 0 Å². The molecule has 0 bridgehead atoms. The maximum Gasteiger partial charge on any atom is 0.251 e. The van der Waals surface area contributed by atoms with Gasteiger partial charge in [0.05, 0.1) is 22.1 Å². The van der Waals surface area contributed by atoms with E-state index in [1.54, 1.807) is 29.5 Å². The third kappa shape index (κ3) is 3.69. The molecule has 4 aromatic rings. The molecule has 8 heteroatoms. The molecular weight excluding hydrogens is 416 g/mol. The highest BCUT2D eigenvalue weighted by Crippen LogP contribution is 2.41. The lowest BCUT2D eigenvalue weighted by Gasteiger charge is -2.17. The summed E-state index contributed by atoms with van der Waals surface area (Å²) in [7, 11) is -1.57. The monoisotopic (exact) mass is 436 g/mol. The zero-order chi connectivity index (χ0) is 20.7. The fraction of sp³-hybridized carbons (Fsp3) is 0.182. The van der Waals surface area contributed by atoms with Gasteiger partial charge in [-0.05, 0) is 71.5 Å². The molecule has 1 fully saturated rings. The van der Waals surface area contributed by atoms with Crippen LogP contribution in [0.2, 0.25) is 0 Å². The summed E-state index contributed by atoms with van der Waals surface area (Å²) in [5, 5.41) is 21.1. The number of thiophene rings is 1. The van der Waals surface area contributed by atoms with Gasteiger partial charge in [-0.25, -0.2) is 9.35 Å². The van der Waals surface area contributed by atoms with Crippen molar-refractivity contribution in [3.05, 3.63) is 70.4 Å². The largest absolute Gasteiger partial charge is 0.345 e. The van der Waals surface area contributed by atoms with Crippen molar-refractivity contribution in [2.75, 3.05) is 0 Å². The summed E-state index contributed by atoms with van der Waals surface area (Å²) in [5.74, 6) is 0.417. The molecule has 0 aliphatic heterocycles. The molecule has 1 aliphatic carbocycles. The molecule has 1 saturated carbocycles. The summed E-state index contributed by atoms with van der Waals surface area (Å²) < 4.78 is 11.6. The van der Waals surface area contributed by atoms with Crippen molar-refractivity contribution in [1.82, 2.24) is 15.5 Å². The number of carbonyl (C=O) groups is 1. The molecule has 1 aliphatic rings. The number of rotatable bonds is 6. The van der Waals surface area contributed by atoms with Gasteiger partial charge in [-0.3, -0.25) is 9.89 Å². The molecule has 0 radical (unpaired) electrons. The Kier molecular flexibility index (Phi) is 4.98. The van der Waals surface area contributed by atoms with Crippen molar-refractivity contribution in [3.8, 4) is 11.3 Å². The molecule has 2 atom stereocenters. The predicted molar refractivity (Wildman–Crippen MR) is 119 cm³/mol. The van der Waals surface area contributed by atoms with Crippen LogP contribution in [0.25, 0.3) is 22.2 Å². The number of fused-ring (bicyclic) bond motifs is 1. The first-order valence-electron chi connectivity index (χ1n) is 9.68. The first-order valence-corrected chi connectivity index (χ1v) is 11.8. The third-order valence-corrected chi connectivity index (χ3v) is 6.87. The first kappa shape index (κ1) is 19.2. The number of hydrogen-bond donors (Lipinski definition) is 3. The van der Waals surface area contributed by atoms with E-state index >= 15 is 0 Å². The Bertz CT molecular complexity index is 1250. The number of nitrogens with zero attached hydrogens (tertiary/aromatic N) is 1. The molecule has 4 N–H and O–H groups in total. The second-order valence-electron chi connectivity index (χ2n) is 7.50. The van der Waals surface area contributed by atoms with Crippen LogP contribution >= 0.6 is 11.3 Å². The zero-order valence-electron chi connectivity index (χ0n) is 16.0. The standard InChI is InChI=1S/C22H20N4O2S2/c23-30(28)17-3-1-2-14(10-17)21-18-11-15(6-7-19(18)25-26-21)22(27)24-20(13-4-5-13)16-8-9-29-12-16/h1-3,6-13,20H,4-5,23H2,(H,24,27)(H,25,26). The van der Waals surface area contributed by atoms with E-state index in [0.29, 0.717) is 22.1 Å². The van der Waals surface area contributed by atoms with Gasteiger partial charge in [0.1, 0.15) is 11.0 Å². The van der Waals surface area contributed by atoms with E-state index in [9.17, 15) is 9.00 Å². The van der Waals surface area contributed by atoms with Crippen LogP contribution in [0.4, 0.5) is 0 Å². The maximum atomic E-state index is 13.0. The summed E-state index contributed by atoms with van der Waals surface area (Å²) in [5.41, 5.74) is 4.09. The summed E-state index contributed by atoms with van der Waals surface area (Å²) in [6.07, 6.45) is 2.29. The molecule has 152 valence electrons. The minimum absolute atomic E-state index is 0.0551. The van der Waals surface area contributed by atoms with E-state index in [1.165, 1.54) is 5.56 Å².